The number of rotatable bonds is 4. The maximum Gasteiger partial charge on any atom is 0.277 e. The quantitative estimate of drug-likeness (QED) is 0.513. The first-order valence-corrected chi connectivity index (χ1v) is 9.99. The standard InChI is InChI=1S/C20H16N4O4S/c1-11-5-4-6-12-17(11)21-16(22-18(12)25)10-29-20-24-23-19(28-20)15-9-26-13-7-2-3-8-14(13)27-15/h2-8,15H,9-10H2,1H3,(H,21,22,25)/t15-/m0/s1. The average molecular weight is 408 g/mol. The summed E-state index contributed by atoms with van der Waals surface area (Å²) in [6.07, 6.45) is -0.465. The fourth-order valence-corrected chi connectivity index (χ4v) is 3.74. The molecule has 8 nitrogen and oxygen atoms in total. The van der Waals surface area contributed by atoms with Gasteiger partial charge >= 0.3 is 0 Å². The van der Waals surface area contributed by atoms with E-state index in [2.05, 4.69) is 20.2 Å². The summed E-state index contributed by atoms with van der Waals surface area (Å²) in [5.41, 5.74) is 1.49. The van der Waals surface area contributed by atoms with Crippen LogP contribution in [0.5, 0.6) is 11.5 Å². The van der Waals surface area contributed by atoms with Gasteiger partial charge in [-0.15, -0.1) is 10.2 Å². The molecule has 0 bridgehead atoms. The summed E-state index contributed by atoms with van der Waals surface area (Å²) in [6.45, 7) is 2.22. The number of para-hydroxylation sites is 3. The Hall–Kier alpha value is -3.33. The maximum absolute atomic E-state index is 12.3. The molecule has 3 heterocycles. The number of aryl methyl sites for hydroxylation is 1. The minimum atomic E-state index is -0.465. The molecule has 0 amide bonds. The molecular weight excluding hydrogens is 392 g/mol. The second-order valence-corrected chi connectivity index (χ2v) is 7.47. The van der Waals surface area contributed by atoms with Gasteiger partial charge in [0.2, 0.25) is 6.10 Å². The van der Waals surface area contributed by atoms with Crippen molar-refractivity contribution in [1.82, 2.24) is 20.2 Å². The summed E-state index contributed by atoms with van der Waals surface area (Å²) in [4.78, 5) is 19.7. The van der Waals surface area contributed by atoms with Crippen molar-refractivity contribution in [2.24, 2.45) is 0 Å². The molecule has 0 saturated carbocycles. The summed E-state index contributed by atoms with van der Waals surface area (Å²) in [5.74, 6) is 2.63. The number of H-pyrrole nitrogens is 1. The zero-order valence-electron chi connectivity index (χ0n) is 15.4. The third kappa shape index (κ3) is 3.44. The third-order valence-electron chi connectivity index (χ3n) is 4.53. The van der Waals surface area contributed by atoms with Crippen LogP contribution in [0, 0.1) is 6.92 Å². The first kappa shape index (κ1) is 17.7. The third-order valence-corrected chi connectivity index (χ3v) is 5.36. The Morgan fingerprint density at radius 2 is 2.00 bits per heavy atom. The summed E-state index contributed by atoms with van der Waals surface area (Å²) in [6, 6.07) is 13.0. The van der Waals surface area contributed by atoms with Crippen molar-refractivity contribution in [3.63, 3.8) is 0 Å². The molecule has 0 spiro atoms. The average Bonchev–Trinajstić information content (AvgIpc) is 3.22. The number of hydrogen-bond donors (Lipinski definition) is 1. The van der Waals surface area contributed by atoms with Gasteiger partial charge in [-0.1, -0.05) is 36.0 Å². The van der Waals surface area contributed by atoms with Gasteiger partial charge in [0.05, 0.1) is 16.7 Å². The van der Waals surface area contributed by atoms with E-state index in [9.17, 15) is 4.79 Å². The van der Waals surface area contributed by atoms with Crippen molar-refractivity contribution in [3.8, 4) is 11.5 Å². The van der Waals surface area contributed by atoms with Gasteiger partial charge in [-0.2, -0.15) is 0 Å². The zero-order valence-corrected chi connectivity index (χ0v) is 16.2. The van der Waals surface area contributed by atoms with Crippen molar-refractivity contribution in [3.05, 3.63) is 70.1 Å². The molecule has 2 aromatic carbocycles. The highest BCUT2D eigenvalue weighted by atomic mass is 32.2. The van der Waals surface area contributed by atoms with E-state index in [-0.39, 0.29) is 5.56 Å². The van der Waals surface area contributed by atoms with E-state index in [1.165, 1.54) is 11.8 Å². The van der Waals surface area contributed by atoms with Crippen LogP contribution < -0.4 is 15.0 Å². The van der Waals surface area contributed by atoms with Crippen molar-refractivity contribution in [2.75, 3.05) is 6.61 Å². The molecule has 0 radical (unpaired) electrons. The SMILES string of the molecule is Cc1cccc2c(=O)[nH]c(CSc3nnc([C@@H]4COc5ccccc5O4)o3)nc12. The Kier molecular flexibility index (Phi) is 4.44. The Labute approximate surface area is 169 Å². The van der Waals surface area contributed by atoms with Crippen molar-refractivity contribution < 1.29 is 13.9 Å². The lowest BCUT2D eigenvalue weighted by atomic mass is 10.1. The van der Waals surface area contributed by atoms with Crippen LogP contribution in [-0.4, -0.2) is 26.8 Å². The number of ether oxygens (including phenoxy) is 2. The predicted octanol–water partition coefficient (Wildman–Crippen LogP) is 3.42. The molecule has 5 rings (SSSR count). The smallest absolute Gasteiger partial charge is 0.277 e. The minimum Gasteiger partial charge on any atom is -0.485 e. The van der Waals surface area contributed by atoms with Gasteiger partial charge in [-0.25, -0.2) is 4.98 Å². The summed E-state index contributed by atoms with van der Waals surface area (Å²) >= 11 is 1.30. The monoisotopic (exact) mass is 408 g/mol. The highest BCUT2D eigenvalue weighted by Crippen LogP contribution is 2.36. The molecule has 1 N–H and O–H groups in total. The van der Waals surface area contributed by atoms with Crippen LogP contribution in [0.3, 0.4) is 0 Å². The van der Waals surface area contributed by atoms with Crippen LogP contribution in [0.1, 0.15) is 23.4 Å². The van der Waals surface area contributed by atoms with E-state index >= 15 is 0 Å². The molecule has 9 heteroatoms. The molecule has 2 aromatic heterocycles. The largest absolute Gasteiger partial charge is 0.485 e. The first-order chi connectivity index (χ1) is 14.2. The van der Waals surface area contributed by atoms with Gasteiger partial charge < -0.3 is 18.9 Å². The Balaban J connectivity index is 1.31. The molecule has 0 unspecified atom stereocenters. The van der Waals surface area contributed by atoms with Crippen LogP contribution in [0.25, 0.3) is 10.9 Å². The van der Waals surface area contributed by atoms with Crippen LogP contribution >= 0.6 is 11.8 Å². The number of nitrogens with one attached hydrogen (secondary N) is 1. The Bertz CT molecular complexity index is 1250. The fourth-order valence-electron chi connectivity index (χ4n) is 3.10. The van der Waals surface area contributed by atoms with Gasteiger partial charge in [0.25, 0.3) is 16.7 Å². The lowest BCUT2D eigenvalue weighted by Crippen LogP contribution is -2.21. The topological polar surface area (TPSA) is 103 Å². The molecule has 1 aliphatic rings. The number of fused-ring (bicyclic) bond motifs is 2. The molecule has 0 fully saturated rings. The number of thioether (sulfide) groups is 1. The number of hydrogen-bond acceptors (Lipinski definition) is 8. The van der Waals surface area contributed by atoms with Crippen LogP contribution in [0.4, 0.5) is 0 Å². The molecule has 1 aliphatic heterocycles. The van der Waals surface area contributed by atoms with Gasteiger partial charge in [0.15, 0.2) is 11.5 Å². The van der Waals surface area contributed by atoms with Crippen molar-refractivity contribution >= 4 is 22.7 Å². The van der Waals surface area contributed by atoms with E-state index in [0.717, 1.165) is 5.56 Å². The fraction of sp³-hybridized carbons (Fsp3) is 0.200. The van der Waals surface area contributed by atoms with Gasteiger partial charge in [-0.3, -0.25) is 4.79 Å². The molecule has 1 atom stereocenters. The molecule has 146 valence electrons. The Morgan fingerprint density at radius 1 is 1.14 bits per heavy atom. The van der Waals surface area contributed by atoms with E-state index in [4.69, 9.17) is 13.9 Å². The normalized spacial score (nSPS) is 15.6. The lowest BCUT2D eigenvalue weighted by Gasteiger charge is -2.23. The van der Waals surface area contributed by atoms with E-state index in [1.54, 1.807) is 6.07 Å². The zero-order chi connectivity index (χ0) is 19.8. The number of nitrogens with zero attached hydrogens (tertiary/aromatic N) is 3. The van der Waals surface area contributed by atoms with Crippen molar-refractivity contribution in [2.45, 2.75) is 24.0 Å². The lowest BCUT2D eigenvalue weighted by molar-refractivity contribution is 0.0686. The van der Waals surface area contributed by atoms with E-state index in [0.29, 0.717) is 51.7 Å². The van der Waals surface area contributed by atoms with Crippen LogP contribution in [0.2, 0.25) is 0 Å². The second-order valence-electron chi connectivity index (χ2n) is 6.54. The summed E-state index contributed by atoms with van der Waals surface area (Å²) < 4.78 is 17.3. The van der Waals surface area contributed by atoms with Gasteiger partial charge in [0, 0.05) is 0 Å². The second kappa shape index (κ2) is 7.25. The van der Waals surface area contributed by atoms with Crippen LogP contribution in [0.15, 0.2) is 56.9 Å². The van der Waals surface area contributed by atoms with Crippen molar-refractivity contribution in [1.29, 1.82) is 0 Å². The summed E-state index contributed by atoms with van der Waals surface area (Å²) in [5, 5.41) is 9.08. The van der Waals surface area contributed by atoms with E-state index in [1.807, 2.05) is 43.3 Å². The Morgan fingerprint density at radius 3 is 2.90 bits per heavy atom. The number of benzene rings is 2. The predicted molar refractivity (Wildman–Crippen MR) is 106 cm³/mol. The number of aromatic nitrogens is 4. The van der Waals surface area contributed by atoms with E-state index < -0.39 is 6.10 Å². The van der Waals surface area contributed by atoms with Crippen LogP contribution in [-0.2, 0) is 5.75 Å². The molecule has 0 saturated heterocycles. The maximum atomic E-state index is 12.3. The number of aromatic amines is 1. The van der Waals surface area contributed by atoms with Gasteiger partial charge in [-0.05, 0) is 30.7 Å². The van der Waals surface area contributed by atoms with Gasteiger partial charge in [0.1, 0.15) is 12.4 Å². The first-order valence-electron chi connectivity index (χ1n) is 9.00. The minimum absolute atomic E-state index is 0.160. The highest BCUT2D eigenvalue weighted by molar-refractivity contribution is 7.98. The highest BCUT2D eigenvalue weighted by Gasteiger charge is 2.27. The molecular formula is C20H16N4O4S. The molecule has 29 heavy (non-hydrogen) atoms. The summed E-state index contributed by atoms with van der Waals surface area (Å²) in [7, 11) is 0. The molecule has 4 aromatic rings. The molecule has 0 aliphatic carbocycles.